The van der Waals surface area contributed by atoms with E-state index in [0.29, 0.717) is 0 Å². The summed E-state index contributed by atoms with van der Waals surface area (Å²) in [5.74, 6) is 0. The molecule has 2 rings (SSSR count). The fourth-order valence-corrected chi connectivity index (χ4v) is 3.01. The van der Waals surface area contributed by atoms with E-state index >= 15 is 0 Å². The summed E-state index contributed by atoms with van der Waals surface area (Å²) < 4.78 is 0. The van der Waals surface area contributed by atoms with Gasteiger partial charge in [-0.1, -0.05) is 62.4 Å². The van der Waals surface area contributed by atoms with Crippen LogP contribution in [0.5, 0.6) is 0 Å². The number of rotatable bonds is 5. The zero-order valence-electron chi connectivity index (χ0n) is 12.0. The second kappa shape index (κ2) is 5.80. The molecule has 1 aromatic heterocycles. The normalized spacial score (nSPS) is 13.5. The molecule has 1 atom stereocenters. The topological polar surface area (TPSA) is 37.8 Å². The van der Waals surface area contributed by atoms with Crippen LogP contribution in [0, 0.1) is 0 Å². The van der Waals surface area contributed by atoms with Crippen LogP contribution in [0.15, 0.2) is 30.3 Å². The maximum absolute atomic E-state index is 4.38. The minimum atomic E-state index is 0.102. The van der Waals surface area contributed by atoms with Crippen LogP contribution in [0.4, 0.5) is 0 Å². The van der Waals surface area contributed by atoms with Crippen LogP contribution in [0.2, 0.25) is 0 Å². The summed E-state index contributed by atoms with van der Waals surface area (Å²) in [7, 11) is 1.96. The number of benzene rings is 1. The summed E-state index contributed by atoms with van der Waals surface area (Å²) in [6.07, 6.45) is 1.07. The minimum absolute atomic E-state index is 0.102. The number of hydrogen-bond acceptors (Lipinski definition) is 4. The molecule has 1 heterocycles. The number of nitrogens with zero attached hydrogens (tertiary/aromatic N) is 2. The average molecular weight is 275 g/mol. The van der Waals surface area contributed by atoms with Gasteiger partial charge in [-0.2, -0.15) is 0 Å². The van der Waals surface area contributed by atoms with Gasteiger partial charge in [-0.05, 0) is 19.0 Å². The zero-order valence-corrected chi connectivity index (χ0v) is 12.8. The van der Waals surface area contributed by atoms with Crippen LogP contribution in [0.25, 0.3) is 0 Å². The summed E-state index contributed by atoms with van der Waals surface area (Å²) in [6, 6.07) is 10.5. The quantitative estimate of drug-likeness (QED) is 0.907. The van der Waals surface area contributed by atoms with E-state index in [-0.39, 0.29) is 11.5 Å². The summed E-state index contributed by atoms with van der Waals surface area (Å²) in [5.41, 5.74) is 1.33. The monoisotopic (exact) mass is 275 g/mol. The molecule has 19 heavy (non-hydrogen) atoms. The molecular weight excluding hydrogens is 254 g/mol. The van der Waals surface area contributed by atoms with Gasteiger partial charge in [0.15, 0.2) is 0 Å². The van der Waals surface area contributed by atoms with Crippen LogP contribution in [0.1, 0.15) is 48.8 Å². The zero-order chi connectivity index (χ0) is 13.9. The van der Waals surface area contributed by atoms with Crippen LogP contribution < -0.4 is 5.32 Å². The van der Waals surface area contributed by atoms with Crippen LogP contribution in [-0.2, 0) is 5.41 Å². The van der Waals surface area contributed by atoms with E-state index in [1.807, 2.05) is 13.1 Å². The lowest BCUT2D eigenvalue weighted by atomic mass is 9.91. The Bertz CT molecular complexity index is 519. The van der Waals surface area contributed by atoms with Gasteiger partial charge in [-0.15, -0.1) is 10.2 Å². The van der Waals surface area contributed by atoms with Crippen LogP contribution in [0.3, 0.4) is 0 Å². The van der Waals surface area contributed by atoms with Crippen molar-refractivity contribution in [3.63, 3.8) is 0 Å². The van der Waals surface area contributed by atoms with E-state index in [2.05, 4.69) is 60.6 Å². The Balaban J connectivity index is 2.31. The van der Waals surface area contributed by atoms with Crippen molar-refractivity contribution in [3.05, 3.63) is 45.9 Å². The molecule has 0 aliphatic rings. The first kappa shape index (κ1) is 14.2. The molecule has 0 amide bonds. The highest BCUT2D eigenvalue weighted by Crippen LogP contribution is 2.32. The Morgan fingerprint density at radius 3 is 2.47 bits per heavy atom. The molecule has 0 radical (unpaired) electrons. The number of hydrogen-bond donors (Lipinski definition) is 1. The molecule has 2 aromatic rings. The molecule has 0 aliphatic heterocycles. The van der Waals surface area contributed by atoms with Crippen molar-refractivity contribution in [2.24, 2.45) is 0 Å². The van der Waals surface area contributed by atoms with Gasteiger partial charge in [0, 0.05) is 5.41 Å². The SMILES string of the molecule is CCC(C)(C)c1nnc(C(NC)c2ccccc2)s1. The predicted molar refractivity (Wildman–Crippen MR) is 80.6 cm³/mol. The van der Waals surface area contributed by atoms with Gasteiger partial charge in [0.05, 0.1) is 6.04 Å². The van der Waals surface area contributed by atoms with Gasteiger partial charge < -0.3 is 5.32 Å². The van der Waals surface area contributed by atoms with E-state index in [1.165, 1.54) is 5.56 Å². The lowest BCUT2D eigenvalue weighted by Crippen LogP contribution is -2.17. The van der Waals surface area contributed by atoms with Crippen molar-refractivity contribution in [2.75, 3.05) is 7.05 Å². The molecule has 0 fully saturated rings. The van der Waals surface area contributed by atoms with Gasteiger partial charge >= 0.3 is 0 Å². The van der Waals surface area contributed by atoms with Crippen molar-refractivity contribution in [3.8, 4) is 0 Å². The summed E-state index contributed by atoms with van der Waals surface area (Å²) >= 11 is 1.71. The third-order valence-corrected chi connectivity index (χ3v) is 4.93. The molecule has 0 aliphatic carbocycles. The van der Waals surface area contributed by atoms with E-state index in [9.17, 15) is 0 Å². The van der Waals surface area contributed by atoms with E-state index in [0.717, 1.165) is 16.4 Å². The number of aromatic nitrogens is 2. The average Bonchev–Trinajstić information content (AvgIpc) is 2.91. The molecular formula is C15H21N3S. The third kappa shape index (κ3) is 3.01. The summed E-state index contributed by atoms with van der Waals surface area (Å²) in [6.45, 7) is 6.62. The summed E-state index contributed by atoms with van der Waals surface area (Å²) in [5, 5.41) is 14.2. The maximum Gasteiger partial charge on any atom is 0.139 e. The standard InChI is InChI=1S/C15H21N3S/c1-5-15(2,3)14-18-17-13(19-14)12(16-4)11-9-7-6-8-10-11/h6-10,12,16H,5H2,1-4H3. The summed E-state index contributed by atoms with van der Waals surface area (Å²) in [4.78, 5) is 0. The molecule has 0 saturated heterocycles. The second-order valence-corrected chi connectivity index (χ2v) is 6.32. The van der Waals surface area contributed by atoms with Crippen molar-refractivity contribution in [1.82, 2.24) is 15.5 Å². The van der Waals surface area contributed by atoms with E-state index in [4.69, 9.17) is 0 Å². The first-order valence-electron chi connectivity index (χ1n) is 6.64. The molecule has 102 valence electrons. The molecule has 4 heteroatoms. The van der Waals surface area contributed by atoms with Crippen LogP contribution in [-0.4, -0.2) is 17.2 Å². The van der Waals surface area contributed by atoms with Gasteiger partial charge in [-0.25, -0.2) is 0 Å². The minimum Gasteiger partial charge on any atom is -0.307 e. The van der Waals surface area contributed by atoms with Crippen molar-refractivity contribution >= 4 is 11.3 Å². The molecule has 0 bridgehead atoms. The largest absolute Gasteiger partial charge is 0.307 e. The van der Waals surface area contributed by atoms with Gasteiger partial charge in [0.1, 0.15) is 10.0 Å². The Kier molecular flexibility index (Phi) is 4.32. The highest BCUT2D eigenvalue weighted by molar-refractivity contribution is 7.11. The van der Waals surface area contributed by atoms with Gasteiger partial charge in [0.2, 0.25) is 0 Å². The maximum atomic E-state index is 4.38. The fourth-order valence-electron chi connectivity index (χ4n) is 1.85. The van der Waals surface area contributed by atoms with Crippen molar-refractivity contribution < 1.29 is 0 Å². The van der Waals surface area contributed by atoms with Crippen LogP contribution >= 0.6 is 11.3 Å². The Morgan fingerprint density at radius 1 is 1.21 bits per heavy atom. The Labute approximate surface area is 119 Å². The van der Waals surface area contributed by atoms with Gasteiger partial charge in [0.25, 0.3) is 0 Å². The molecule has 0 saturated carbocycles. The third-order valence-electron chi connectivity index (χ3n) is 3.57. The molecule has 0 spiro atoms. The van der Waals surface area contributed by atoms with Crippen molar-refractivity contribution in [1.29, 1.82) is 0 Å². The van der Waals surface area contributed by atoms with E-state index in [1.54, 1.807) is 11.3 Å². The van der Waals surface area contributed by atoms with Crippen molar-refractivity contribution in [2.45, 2.75) is 38.6 Å². The second-order valence-electron chi connectivity index (χ2n) is 5.32. The highest BCUT2D eigenvalue weighted by atomic mass is 32.1. The molecule has 1 N–H and O–H groups in total. The fraction of sp³-hybridized carbons (Fsp3) is 0.467. The molecule has 1 unspecified atom stereocenters. The first-order chi connectivity index (χ1) is 9.08. The predicted octanol–water partition coefficient (Wildman–Crippen LogP) is 3.53. The highest BCUT2D eigenvalue weighted by Gasteiger charge is 2.25. The number of nitrogens with one attached hydrogen (secondary N) is 1. The lowest BCUT2D eigenvalue weighted by Gasteiger charge is -2.18. The lowest BCUT2D eigenvalue weighted by molar-refractivity contribution is 0.498. The van der Waals surface area contributed by atoms with E-state index < -0.39 is 0 Å². The molecule has 3 nitrogen and oxygen atoms in total. The first-order valence-corrected chi connectivity index (χ1v) is 7.46. The Morgan fingerprint density at radius 2 is 1.89 bits per heavy atom. The van der Waals surface area contributed by atoms with Gasteiger partial charge in [-0.3, -0.25) is 0 Å². The smallest absolute Gasteiger partial charge is 0.139 e. The Hall–Kier alpha value is -1.26. The molecule has 1 aromatic carbocycles.